The number of hydrogen-bond acceptors (Lipinski definition) is 4. The third-order valence-electron chi connectivity index (χ3n) is 9.37. The average molecular weight is 561 g/mol. The number of aromatic nitrogens is 1. The van der Waals surface area contributed by atoms with Crippen LogP contribution in [0.3, 0.4) is 0 Å². The van der Waals surface area contributed by atoms with Crippen molar-refractivity contribution in [2.75, 3.05) is 18.5 Å². The number of rotatable bonds is 7. The number of carboxylic acids is 1. The van der Waals surface area contributed by atoms with E-state index in [1.54, 1.807) is 23.1 Å². The summed E-state index contributed by atoms with van der Waals surface area (Å²) in [5, 5.41) is 13.0. The fourth-order valence-corrected chi connectivity index (χ4v) is 7.49. The molecule has 2 aromatic rings. The van der Waals surface area contributed by atoms with E-state index in [2.05, 4.69) is 10.3 Å². The number of halogens is 2. The zero-order chi connectivity index (χ0) is 27.7. The van der Waals surface area contributed by atoms with Gasteiger partial charge in [-0.1, -0.05) is 43.7 Å². The predicted molar refractivity (Wildman–Crippen MR) is 148 cm³/mol. The lowest BCUT2D eigenvalue weighted by molar-refractivity contribution is -0.142. The number of benzene rings is 1. The van der Waals surface area contributed by atoms with Gasteiger partial charge in [-0.15, -0.1) is 0 Å². The first-order chi connectivity index (χ1) is 18.8. The molecule has 2 amide bonds. The fraction of sp³-hybridized carbons (Fsp3) is 0.621. The lowest BCUT2D eigenvalue weighted by atomic mass is 9.76. The molecular weight excluding hydrogens is 523 g/mol. The summed E-state index contributed by atoms with van der Waals surface area (Å²) in [4.78, 5) is 43.7. The largest absolute Gasteiger partial charge is 0.477 e. The van der Waals surface area contributed by atoms with Crippen LogP contribution in [0.2, 0.25) is 5.02 Å². The molecule has 1 saturated heterocycles. The second-order valence-electron chi connectivity index (χ2n) is 11.6. The van der Waals surface area contributed by atoms with Crippen molar-refractivity contribution >= 4 is 46.0 Å². The maximum atomic E-state index is 13.9. The van der Waals surface area contributed by atoms with E-state index in [0.717, 1.165) is 44.9 Å². The monoisotopic (exact) mass is 560 g/mol. The molecule has 3 atom stereocenters. The molecule has 3 aliphatic rings. The first-order valence-corrected chi connectivity index (χ1v) is 14.6. The van der Waals surface area contributed by atoms with Gasteiger partial charge in [0, 0.05) is 35.1 Å². The SMILES string of the molecule is NC(CF)C1CCC(C(=O)N2CC[C@@H](C3CCCCC3)[C@H]2C(=O)Nc2ccc3[nH]c(C(=O)O)c(Cl)c3c2)CC1. The number of alkyl halides is 1. The van der Waals surface area contributed by atoms with Gasteiger partial charge in [0.2, 0.25) is 11.8 Å². The molecule has 1 unspecified atom stereocenters. The van der Waals surface area contributed by atoms with Crippen molar-refractivity contribution in [3.8, 4) is 0 Å². The normalized spacial score (nSPS) is 27.0. The molecule has 1 aliphatic heterocycles. The van der Waals surface area contributed by atoms with Crippen LogP contribution in [0.15, 0.2) is 18.2 Å². The van der Waals surface area contributed by atoms with E-state index in [4.69, 9.17) is 17.3 Å². The summed E-state index contributed by atoms with van der Waals surface area (Å²) in [5.74, 6) is -0.904. The lowest BCUT2D eigenvalue weighted by Gasteiger charge is -2.36. The topological polar surface area (TPSA) is 129 Å². The van der Waals surface area contributed by atoms with Gasteiger partial charge >= 0.3 is 5.97 Å². The van der Waals surface area contributed by atoms with Crippen LogP contribution >= 0.6 is 11.6 Å². The number of aromatic amines is 1. The van der Waals surface area contributed by atoms with Crippen LogP contribution in [-0.2, 0) is 9.59 Å². The molecular formula is C29H38ClFN4O4. The smallest absolute Gasteiger partial charge is 0.353 e. The molecule has 0 radical (unpaired) electrons. The Morgan fingerprint density at radius 1 is 1.10 bits per heavy atom. The van der Waals surface area contributed by atoms with Crippen LogP contribution in [0.1, 0.15) is 74.7 Å². The molecule has 8 nitrogen and oxygen atoms in total. The second kappa shape index (κ2) is 11.8. The van der Waals surface area contributed by atoms with Crippen molar-refractivity contribution in [3.63, 3.8) is 0 Å². The molecule has 1 aromatic heterocycles. The van der Waals surface area contributed by atoms with Gasteiger partial charge in [-0.2, -0.15) is 0 Å². The predicted octanol–water partition coefficient (Wildman–Crippen LogP) is 5.36. The Morgan fingerprint density at radius 2 is 1.82 bits per heavy atom. The minimum absolute atomic E-state index is 0.0240. The summed E-state index contributed by atoms with van der Waals surface area (Å²) in [6, 6.07) is 4.05. The highest BCUT2D eigenvalue weighted by molar-refractivity contribution is 6.38. The van der Waals surface area contributed by atoms with Crippen LogP contribution in [0, 0.1) is 23.7 Å². The number of nitrogens with one attached hydrogen (secondary N) is 2. The van der Waals surface area contributed by atoms with E-state index in [1.165, 1.54) is 6.42 Å². The number of likely N-dealkylation sites (tertiary alicyclic amines) is 1. The van der Waals surface area contributed by atoms with E-state index >= 15 is 0 Å². The highest BCUT2D eigenvalue weighted by Gasteiger charge is 2.47. The van der Waals surface area contributed by atoms with Gasteiger partial charge < -0.3 is 26.0 Å². The first-order valence-electron chi connectivity index (χ1n) is 14.3. The van der Waals surface area contributed by atoms with Gasteiger partial charge in [-0.3, -0.25) is 9.59 Å². The number of hydrogen-bond donors (Lipinski definition) is 4. The highest BCUT2D eigenvalue weighted by Crippen LogP contribution is 2.41. The number of aromatic carboxylic acids is 1. The average Bonchev–Trinajstić information content (AvgIpc) is 3.54. The molecule has 2 saturated carbocycles. The number of anilines is 1. The summed E-state index contributed by atoms with van der Waals surface area (Å²) >= 11 is 6.30. The minimum Gasteiger partial charge on any atom is -0.477 e. The van der Waals surface area contributed by atoms with Crippen LogP contribution < -0.4 is 11.1 Å². The fourth-order valence-electron chi connectivity index (χ4n) is 7.21. The Balaban J connectivity index is 1.36. The van der Waals surface area contributed by atoms with Crippen LogP contribution in [-0.4, -0.2) is 58.1 Å². The van der Waals surface area contributed by atoms with Crippen molar-refractivity contribution in [1.29, 1.82) is 0 Å². The summed E-state index contributed by atoms with van der Waals surface area (Å²) in [7, 11) is 0. The number of carboxylic acid groups (broad SMARTS) is 1. The van der Waals surface area contributed by atoms with E-state index in [-0.39, 0.29) is 40.3 Å². The van der Waals surface area contributed by atoms with E-state index in [1.807, 2.05) is 0 Å². The number of nitrogens with two attached hydrogens (primary N) is 1. The quantitative estimate of drug-likeness (QED) is 0.362. The summed E-state index contributed by atoms with van der Waals surface area (Å²) in [5.41, 5.74) is 6.90. The third-order valence-corrected chi connectivity index (χ3v) is 9.77. The third kappa shape index (κ3) is 5.66. The van der Waals surface area contributed by atoms with Gasteiger partial charge in [0.05, 0.1) is 5.02 Å². The zero-order valence-electron chi connectivity index (χ0n) is 22.1. The molecule has 5 N–H and O–H groups in total. The Kier molecular flexibility index (Phi) is 8.47. The van der Waals surface area contributed by atoms with Gasteiger partial charge in [-0.05, 0) is 68.1 Å². The molecule has 0 bridgehead atoms. The summed E-state index contributed by atoms with van der Waals surface area (Å²) in [6.07, 6.45) is 9.27. The Hall–Kier alpha value is -2.65. The zero-order valence-corrected chi connectivity index (χ0v) is 22.9. The van der Waals surface area contributed by atoms with Crippen LogP contribution in [0.4, 0.5) is 10.1 Å². The molecule has 1 aromatic carbocycles. The standard InChI is InChI=1S/C29H38ClFN4O4/c30-24-21-14-19(10-11-23(21)34-25(24)29(38)39)33-27(36)26-20(16-4-2-1-3-5-16)12-13-35(26)28(37)18-8-6-17(7-9-18)22(32)15-31/h10-11,14,16-18,20,22,26,34H,1-9,12-13,15,32H2,(H,33,36)(H,38,39)/t17?,18?,20-,22?,26-/m0/s1. The number of H-pyrrole nitrogens is 1. The lowest BCUT2D eigenvalue weighted by Crippen LogP contribution is -2.50. The van der Waals surface area contributed by atoms with Crippen molar-refractivity contribution in [1.82, 2.24) is 9.88 Å². The van der Waals surface area contributed by atoms with Gasteiger partial charge in [0.15, 0.2) is 0 Å². The van der Waals surface area contributed by atoms with Crippen molar-refractivity contribution in [2.45, 2.75) is 76.3 Å². The molecule has 2 heterocycles. The first kappa shape index (κ1) is 27.9. The molecule has 0 spiro atoms. The van der Waals surface area contributed by atoms with Gasteiger partial charge in [-0.25, -0.2) is 9.18 Å². The second-order valence-corrected chi connectivity index (χ2v) is 12.0. The Labute approximate surface area is 232 Å². The van der Waals surface area contributed by atoms with Crippen LogP contribution in [0.25, 0.3) is 10.9 Å². The van der Waals surface area contributed by atoms with Crippen LogP contribution in [0.5, 0.6) is 0 Å². The Bertz CT molecular complexity index is 1220. The Morgan fingerprint density at radius 3 is 2.49 bits per heavy atom. The molecule has 39 heavy (non-hydrogen) atoms. The number of carbonyl (C=O) groups excluding carboxylic acids is 2. The number of amides is 2. The van der Waals surface area contributed by atoms with Gasteiger partial charge in [0.25, 0.3) is 0 Å². The minimum atomic E-state index is -1.15. The summed E-state index contributed by atoms with van der Waals surface area (Å²) in [6.45, 7) is 0.0186. The number of nitrogens with zero attached hydrogens (tertiary/aromatic N) is 1. The molecule has 2 aliphatic carbocycles. The van der Waals surface area contributed by atoms with Crippen molar-refractivity contribution in [3.05, 3.63) is 28.9 Å². The number of fused-ring (bicyclic) bond motifs is 1. The number of carbonyl (C=O) groups is 3. The van der Waals surface area contributed by atoms with E-state index < -0.39 is 24.7 Å². The molecule has 5 rings (SSSR count). The maximum Gasteiger partial charge on any atom is 0.353 e. The molecule has 3 fully saturated rings. The van der Waals surface area contributed by atoms with E-state index in [0.29, 0.717) is 41.9 Å². The van der Waals surface area contributed by atoms with Crippen molar-refractivity contribution in [2.24, 2.45) is 29.4 Å². The summed E-state index contributed by atoms with van der Waals surface area (Å²) < 4.78 is 13.1. The molecule has 212 valence electrons. The van der Waals surface area contributed by atoms with Crippen molar-refractivity contribution < 1.29 is 23.9 Å². The van der Waals surface area contributed by atoms with E-state index in [9.17, 15) is 23.9 Å². The molecule has 10 heteroatoms. The van der Waals surface area contributed by atoms with Gasteiger partial charge in [0.1, 0.15) is 18.4 Å². The highest BCUT2D eigenvalue weighted by atomic mass is 35.5. The maximum absolute atomic E-state index is 13.9.